The monoisotopic (exact) mass is 485 g/mol. The summed E-state index contributed by atoms with van der Waals surface area (Å²) in [5, 5.41) is 17.0. The van der Waals surface area contributed by atoms with Crippen molar-refractivity contribution in [1.29, 1.82) is 0 Å². The van der Waals surface area contributed by atoms with Crippen molar-refractivity contribution in [2.75, 3.05) is 42.7 Å². The van der Waals surface area contributed by atoms with Gasteiger partial charge in [0.25, 0.3) is 5.91 Å². The molecule has 0 atom stereocenters. The van der Waals surface area contributed by atoms with Crippen LogP contribution < -0.4 is 20.9 Å². The lowest BCUT2D eigenvalue weighted by Crippen LogP contribution is -2.32. The highest BCUT2D eigenvalue weighted by Gasteiger charge is 2.16. The summed E-state index contributed by atoms with van der Waals surface area (Å²) in [6.07, 6.45) is 4.63. The van der Waals surface area contributed by atoms with E-state index < -0.39 is 5.60 Å². The van der Waals surface area contributed by atoms with E-state index >= 15 is 0 Å². The van der Waals surface area contributed by atoms with Crippen LogP contribution in [0.4, 0.5) is 22.2 Å². The van der Waals surface area contributed by atoms with E-state index in [2.05, 4.69) is 31.1 Å². The van der Waals surface area contributed by atoms with Crippen LogP contribution in [0.3, 0.4) is 0 Å². The molecule has 2 amide bonds. The summed E-state index contributed by atoms with van der Waals surface area (Å²) in [4.78, 5) is 30.8. The van der Waals surface area contributed by atoms with Gasteiger partial charge in [-0.25, -0.2) is 9.78 Å². The molecule has 0 aliphatic carbocycles. The number of nitrogens with one attached hydrogen (secondary N) is 3. The number of anilines is 3. The van der Waals surface area contributed by atoms with Crippen LogP contribution in [0.2, 0.25) is 0 Å². The Morgan fingerprint density at radius 3 is 2.26 bits per heavy atom. The Morgan fingerprint density at radius 2 is 1.63 bits per heavy atom. The molecule has 2 heterocycles. The molecule has 0 bridgehead atoms. The average Bonchev–Trinajstić information content (AvgIpc) is 2.77. The minimum atomic E-state index is -0.477. The lowest BCUT2D eigenvalue weighted by Gasteiger charge is -2.19. The van der Waals surface area contributed by atoms with Crippen LogP contribution in [0.15, 0.2) is 24.3 Å². The molecule has 35 heavy (non-hydrogen) atoms. The zero-order valence-corrected chi connectivity index (χ0v) is 21.8. The van der Waals surface area contributed by atoms with Crippen molar-refractivity contribution in [2.24, 2.45) is 0 Å². The lowest BCUT2D eigenvalue weighted by molar-refractivity contribution is 0.0526. The van der Waals surface area contributed by atoms with Gasteiger partial charge in [-0.1, -0.05) is 19.3 Å². The third kappa shape index (κ3) is 10.6. The molecule has 0 aromatic carbocycles. The molecule has 0 saturated heterocycles. The minimum Gasteiger partial charge on any atom is -0.444 e. The van der Waals surface area contributed by atoms with E-state index in [1.165, 1.54) is 0 Å². The first-order chi connectivity index (χ1) is 16.5. The highest BCUT2D eigenvalue weighted by molar-refractivity contribution is 6.07. The van der Waals surface area contributed by atoms with Crippen LogP contribution in [0.1, 0.15) is 68.9 Å². The molecular formula is C25H39N7O3. The molecule has 3 N–H and O–H groups in total. The van der Waals surface area contributed by atoms with E-state index in [1.807, 2.05) is 52.8 Å². The first kappa shape index (κ1) is 27.8. The van der Waals surface area contributed by atoms with Gasteiger partial charge in [-0.05, 0) is 64.8 Å². The molecule has 0 spiro atoms. The predicted molar refractivity (Wildman–Crippen MR) is 139 cm³/mol. The van der Waals surface area contributed by atoms with E-state index in [-0.39, 0.29) is 12.0 Å². The van der Waals surface area contributed by atoms with Gasteiger partial charge in [0.05, 0.1) is 5.56 Å². The van der Waals surface area contributed by atoms with Crippen molar-refractivity contribution in [3.05, 3.63) is 35.5 Å². The van der Waals surface area contributed by atoms with Gasteiger partial charge in [0, 0.05) is 32.9 Å². The Kier molecular flexibility index (Phi) is 10.7. The molecule has 0 radical (unpaired) electrons. The van der Waals surface area contributed by atoms with Gasteiger partial charge in [0.15, 0.2) is 11.6 Å². The highest BCUT2D eigenvalue weighted by Crippen LogP contribution is 2.17. The maximum absolute atomic E-state index is 12.8. The fraction of sp³-hybridized carbons (Fsp3) is 0.560. The summed E-state index contributed by atoms with van der Waals surface area (Å²) in [5.74, 6) is 1.36. The van der Waals surface area contributed by atoms with E-state index in [0.717, 1.165) is 37.8 Å². The number of unbranched alkanes of at least 4 members (excludes halogenated alkanes) is 4. The second kappa shape index (κ2) is 13.5. The first-order valence-electron chi connectivity index (χ1n) is 12.1. The third-order valence-corrected chi connectivity index (χ3v) is 4.94. The number of rotatable bonds is 12. The molecular weight excluding hydrogens is 446 g/mol. The zero-order valence-electron chi connectivity index (χ0n) is 21.8. The Hall–Kier alpha value is -3.43. The summed E-state index contributed by atoms with van der Waals surface area (Å²) < 4.78 is 5.22. The smallest absolute Gasteiger partial charge is 0.407 e. The van der Waals surface area contributed by atoms with Crippen molar-refractivity contribution in [1.82, 2.24) is 20.5 Å². The number of aryl methyl sites for hydroxylation is 1. The Balaban J connectivity index is 1.73. The molecule has 0 aliphatic heterocycles. The van der Waals surface area contributed by atoms with Crippen molar-refractivity contribution in [3.63, 3.8) is 0 Å². The van der Waals surface area contributed by atoms with Gasteiger partial charge in [0.2, 0.25) is 0 Å². The number of hydrogen-bond acceptors (Lipinski definition) is 8. The van der Waals surface area contributed by atoms with Gasteiger partial charge in [-0.2, -0.15) is 0 Å². The fourth-order valence-corrected chi connectivity index (χ4v) is 3.18. The molecule has 2 aromatic rings. The molecule has 10 heteroatoms. The third-order valence-electron chi connectivity index (χ3n) is 4.94. The molecule has 0 saturated carbocycles. The average molecular weight is 486 g/mol. The Labute approximate surface area is 208 Å². The number of amides is 2. The number of carbonyl (C=O) groups excluding carboxylic acids is 2. The molecule has 2 aromatic heterocycles. The number of hydrogen-bond donors (Lipinski definition) is 3. The maximum Gasteiger partial charge on any atom is 0.407 e. The van der Waals surface area contributed by atoms with Crippen molar-refractivity contribution in [2.45, 2.75) is 65.4 Å². The van der Waals surface area contributed by atoms with Crippen LogP contribution in [0.5, 0.6) is 0 Å². The van der Waals surface area contributed by atoms with Crippen molar-refractivity contribution in [3.8, 4) is 0 Å². The van der Waals surface area contributed by atoms with Crippen molar-refractivity contribution < 1.29 is 14.3 Å². The van der Waals surface area contributed by atoms with Crippen molar-refractivity contribution >= 4 is 29.5 Å². The van der Waals surface area contributed by atoms with E-state index in [4.69, 9.17) is 4.74 Å². The molecule has 0 aliphatic rings. The molecule has 0 fully saturated rings. The van der Waals surface area contributed by atoms with Gasteiger partial charge >= 0.3 is 6.09 Å². The number of alkyl carbamates (subject to hydrolysis) is 1. The first-order valence-corrected chi connectivity index (χ1v) is 12.1. The van der Waals surface area contributed by atoms with Gasteiger partial charge in [-0.15, -0.1) is 10.2 Å². The summed E-state index contributed by atoms with van der Waals surface area (Å²) in [5.41, 5.74) is 0.814. The van der Waals surface area contributed by atoms with Gasteiger partial charge in [-0.3, -0.25) is 4.79 Å². The molecule has 0 unspecified atom stereocenters. The summed E-state index contributed by atoms with van der Waals surface area (Å²) in [6.45, 7) is 8.76. The number of nitrogens with zero attached hydrogens (tertiary/aromatic N) is 4. The number of pyridine rings is 1. The standard InChI is InChI=1S/C25H39N7O3/c1-18-12-13-19(23(33)29-20-14-15-21(31-30-20)32(5)6)22(28-18)26-16-10-8-7-9-11-17-27-24(34)35-25(2,3)4/h12-15H,7-11,16-17H2,1-6H3,(H,26,28)(H,27,34)(H,29,30,33). The number of ether oxygens (including phenoxy) is 1. The van der Waals surface area contributed by atoms with Crippen LogP contribution >= 0.6 is 0 Å². The van der Waals surface area contributed by atoms with E-state index in [1.54, 1.807) is 18.2 Å². The SMILES string of the molecule is Cc1ccc(C(=O)Nc2ccc(N(C)C)nn2)c(NCCCCCCCNC(=O)OC(C)(C)C)n1. The molecule has 192 valence electrons. The topological polar surface area (TPSA) is 121 Å². The quantitative estimate of drug-likeness (QED) is 0.379. The van der Waals surface area contributed by atoms with Crippen LogP contribution in [-0.4, -0.2) is 60.0 Å². The molecule has 2 rings (SSSR count). The van der Waals surface area contributed by atoms with E-state index in [9.17, 15) is 9.59 Å². The van der Waals surface area contributed by atoms with Crippen LogP contribution in [-0.2, 0) is 4.74 Å². The molecule has 10 nitrogen and oxygen atoms in total. The summed E-state index contributed by atoms with van der Waals surface area (Å²) >= 11 is 0. The number of aromatic nitrogens is 3. The largest absolute Gasteiger partial charge is 0.444 e. The second-order valence-electron chi connectivity index (χ2n) is 9.60. The highest BCUT2D eigenvalue weighted by atomic mass is 16.6. The zero-order chi connectivity index (χ0) is 25.8. The van der Waals surface area contributed by atoms with Crippen LogP contribution in [0.25, 0.3) is 0 Å². The second-order valence-corrected chi connectivity index (χ2v) is 9.60. The number of carbonyl (C=O) groups is 2. The normalized spacial score (nSPS) is 11.0. The predicted octanol–water partition coefficient (Wildman–Crippen LogP) is 4.39. The fourth-order valence-electron chi connectivity index (χ4n) is 3.18. The Morgan fingerprint density at radius 1 is 0.943 bits per heavy atom. The maximum atomic E-state index is 12.8. The van der Waals surface area contributed by atoms with Gasteiger partial charge < -0.3 is 25.6 Å². The summed E-state index contributed by atoms with van der Waals surface area (Å²) in [7, 11) is 3.75. The van der Waals surface area contributed by atoms with E-state index in [0.29, 0.717) is 36.1 Å². The summed E-state index contributed by atoms with van der Waals surface area (Å²) in [6, 6.07) is 7.09. The minimum absolute atomic E-state index is 0.288. The Bertz CT molecular complexity index is 957. The van der Waals surface area contributed by atoms with Gasteiger partial charge in [0.1, 0.15) is 11.4 Å². The lowest BCUT2D eigenvalue weighted by atomic mass is 10.1. The van der Waals surface area contributed by atoms with Crippen LogP contribution in [0, 0.1) is 6.92 Å².